The van der Waals surface area contributed by atoms with Crippen LogP contribution in [0.3, 0.4) is 0 Å². The monoisotopic (exact) mass is 324 g/mol. The van der Waals surface area contributed by atoms with E-state index in [0.29, 0.717) is 32.5 Å². The Morgan fingerprint density at radius 3 is 2.38 bits per heavy atom. The summed E-state index contributed by atoms with van der Waals surface area (Å²) in [5.41, 5.74) is 0. The largest absolute Gasteiger partial charge is 0.573 e. The van der Waals surface area contributed by atoms with Crippen molar-refractivity contribution in [1.29, 1.82) is 0 Å². The van der Waals surface area contributed by atoms with E-state index in [9.17, 15) is 21.6 Å². The van der Waals surface area contributed by atoms with E-state index in [-0.39, 0.29) is 4.90 Å². The molecule has 1 saturated heterocycles. The molecule has 1 atom stereocenters. The third-order valence-corrected chi connectivity index (χ3v) is 5.50. The third-order valence-electron chi connectivity index (χ3n) is 3.22. The van der Waals surface area contributed by atoms with Gasteiger partial charge in [-0.05, 0) is 43.5 Å². The fraction of sp³-hybridized carbons (Fsp3) is 0.538. The van der Waals surface area contributed by atoms with E-state index in [0.717, 1.165) is 24.3 Å². The van der Waals surface area contributed by atoms with Gasteiger partial charge in [-0.3, -0.25) is 0 Å². The maximum absolute atomic E-state index is 12.4. The van der Waals surface area contributed by atoms with Crippen LogP contribution in [0.25, 0.3) is 0 Å². The Kier molecular flexibility index (Phi) is 4.77. The number of alkyl halides is 3. The minimum absolute atomic E-state index is 0.00363. The van der Waals surface area contributed by atoms with Crippen LogP contribution in [0.1, 0.15) is 19.3 Å². The van der Waals surface area contributed by atoms with Crippen LogP contribution in [0.15, 0.2) is 29.2 Å². The summed E-state index contributed by atoms with van der Waals surface area (Å²) in [6.45, 7) is 0.906. The Hall–Kier alpha value is -1.28. The molecule has 0 amide bonds. The molecule has 1 heterocycles. The quantitative estimate of drug-likeness (QED) is 0.858. The smallest absolute Gasteiger partial charge is 0.406 e. The average molecular weight is 324 g/mol. The Balaban J connectivity index is 2.16. The van der Waals surface area contributed by atoms with E-state index in [1.165, 1.54) is 0 Å². The molecule has 0 bridgehead atoms. The Bertz CT molecular complexity index is 558. The zero-order valence-corrected chi connectivity index (χ0v) is 11.9. The van der Waals surface area contributed by atoms with Gasteiger partial charge in [-0.2, -0.15) is 0 Å². The highest BCUT2D eigenvalue weighted by molar-refractivity contribution is 7.92. The van der Waals surface area contributed by atoms with Crippen molar-refractivity contribution in [1.82, 2.24) is 0 Å². The average Bonchev–Trinajstić information content (AvgIpc) is 2.66. The normalized spacial score (nSPS) is 20.8. The van der Waals surface area contributed by atoms with E-state index in [1.54, 1.807) is 0 Å². The molecule has 0 aromatic heterocycles. The number of ether oxygens (including phenoxy) is 2. The molecule has 0 spiro atoms. The van der Waals surface area contributed by atoms with Gasteiger partial charge in [0.15, 0.2) is 9.84 Å². The summed E-state index contributed by atoms with van der Waals surface area (Å²) in [6.07, 6.45) is -3.26. The molecular formula is C13H15F3O4S. The second-order valence-corrected chi connectivity index (χ2v) is 6.96. The van der Waals surface area contributed by atoms with Crippen LogP contribution in [0, 0.1) is 0 Å². The van der Waals surface area contributed by atoms with Crippen molar-refractivity contribution in [2.24, 2.45) is 0 Å². The van der Waals surface area contributed by atoms with Gasteiger partial charge in [-0.15, -0.1) is 13.2 Å². The fourth-order valence-electron chi connectivity index (χ4n) is 2.21. The van der Waals surface area contributed by atoms with Crippen molar-refractivity contribution in [2.45, 2.75) is 35.8 Å². The number of halogens is 3. The predicted octanol–water partition coefficient (Wildman–Crippen LogP) is 2.93. The van der Waals surface area contributed by atoms with Gasteiger partial charge in [0.2, 0.25) is 0 Å². The van der Waals surface area contributed by atoms with E-state index >= 15 is 0 Å². The Morgan fingerprint density at radius 1 is 1.10 bits per heavy atom. The molecule has 1 unspecified atom stereocenters. The second kappa shape index (κ2) is 6.23. The zero-order chi connectivity index (χ0) is 15.5. The predicted molar refractivity (Wildman–Crippen MR) is 68.8 cm³/mol. The number of benzene rings is 1. The standard InChI is InChI=1S/C13H15F3O4S/c14-13(15,16)20-10-3-5-12(6-4-10)21(17,18)11-2-1-8-19-9-7-11/h3-6,11H,1-2,7-9H2. The van der Waals surface area contributed by atoms with Crippen LogP contribution in [0.2, 0.25) is 0 Å². The lowest BCUT2D eigenvalue weighted by atomic mass is 10.2. The lowest BCUT2D eigenvalue weighted by Crippen LogP contribution is -2.22. The van der Waals surface area contributed by atoms with Gasteiger partial charge in [-0.1, -0.05) is 0 Å². The first-order valence-corrected chi connectivity index (χ1v) is 8.01. The second-order valence-electron chi connectivity index (χ2n) is 4.73. The molecule has 118 valence electrons. The highest BCUT2D eigenvalue weighted by atomic mass is 32.2. The highest BCUT2D eigenvalue weighted by Crippen LogP contribution is 2.27. The molecule has 0 saturated carbocycles. The molecule has 1 aromatic carbocycles. The summed E-state index contributed by atoms with van der Waals surface area (Å²) in [6, 6.07) is 4.30. The summed E-state index contributed by atoms with van der Waals surface area (Å²) in [7, 11) is -3.56. The summed E-state index contributed by atoms with van der Waals surface area (Å²) in [5, 5.41) is -0.561. The van der Waals surface area contributed by atoms with E-state index in [1.807, 2.05) is 0 Å². The van der Waals surface area contributed by atoms with Gasteiger partial charge in [0.1, 0.15) is 5.75 Å². The van der Waals surface area contributed by atoms with Gasteiger partial charge < -0.3 is 9.47 Å². The number of sulfone groups is 1. The van der Waals surface area contributed by atoms with E-state index in [4.69, 9.17) is 4.74 Å². The maximum Gasteiger partial charge on any atom is 0.573 e. The molecule has 1 aromatic rings. The summed E-state index contributed by atoms with van der Waals surface area (Å²) >= 11 is 0. The maximum atomic E-state index is 12.4. The van der Waals surface area contributed by atoms with Gasteiger partial charge in [0.05, 0.1) is 10.1 Å². The van der Waals surface area contributed by atoms with E-state index < -0.39 is 27.2 Å². The molecule has 1 fully saturated rings. The summed E-state index contributed by atoms with van der Waals surface area (Å²) in [5.74, 6) is -0.439. The first kappa shape index (κ1) is 16.1. The molecule has 8 heteroatoms. The van der Waals surface area contributed by atoms with Crippen molar-refractivity contribution < 1.29 is 31.1 Å². The zero-order valence-electron chi connectivity index (χ0n) is 11.1. The highest BCUT2D eigenvalue weighted by Gasteiger charge is 2.32. The lowest BCUT2D eigenvalue weighted by Gasteiger charge is -2.15. The number of hydrogen-bond donors (Lipinski definition) is 0. The minimum Gasteiger partial charge on any atom is -0.406 e. The van der Waals surface area contributed by atoms with Crippen LogP contribution in [-0.4, -0.2) is 33.2 Å². The molecule has 1 aliphatic rings. The van der Waals surface area contributed by atoms with Crippen molar-refractivity contribution in [2.75, 3.05) is 13.2 Å². The van der Waals surface area contributed by atoms with Crippen LogP contribution >= 0.6 is 0 Å². The number of rotatable bonds is 3. The van der Waals surface area contributed by atoms with Gasteiger partial charge in [-0.25, -0.2) is 8.42 Å². The van der Waals surface area contributed by atoms with E-state index in [2.05, 4.69) is 4.74 Å². The topological polar surface area (TPSA) is 52.6 Å². The Morgan fingerprint density at radius 2 is 1.76 bits per heavy atom. The van der Waals surface area contributed by atoms with Gasteiger partial charge >= 0.3 is 6.36 Å². The SMILES string of the molecule is O=S(=O)(c1ccc(OC(F)(F)F)cc1)C1CCCOCC1. The van der Waals surface area contributed by atoms with Gasteiger partial charge in [0, 0.05) is 13.2 Å². The first-order chi connectivity index (χ1) is 9.79. The van der Waals surface area contributed by atoms with Crippen LogP contribution < -0.4 is 4.74 Å². The summed E-state index contributed by atoms with van der Waals surface area (Å²) in [4.78, 5) is 0.00363. The van der Waals surface area contributed by atoms with Crippen LogP contribution in [0.5, 0.6) is 5.75 Å². The minimum atomic E-state index is -4.79. The molecule has 1 aliphatic heterocycles. The molecule has 0 aliphatic carbocycles. The molecule has 21 heavy (non-hydrogen) atoms. The lowest BCUT2D eigenvalue weighted by molar-refractivity contribution is -0.274. The van der Waals surface area contributed by atoms with Crippen molar-refractivity contribution >= 4 is 9.84 Å². The molecule has 4 nitrogen and oxygen atoms in total. The molecular weight excluding hydrogens is 309 g/mol. The van der Waals surface area contributed by atoms with Crippen LogP contribution in [-0.2, 0) is 14.6 Å². The third kappa shape index (κ3) is 4.34. The van der Waals surface area contributed by atoms with Crippen molar-refractivity contribution in [3.63, 3.8) is 0 Å². The van der Waals surface area contributed by atoms with Gasteiger partial charge in [0.25, 0.3) is 0 Å². The summed E-state index contributed by atoms with van der Waals surface area (Å²) < 4.78 is 69.9. The van der Waals surface area contributed by atoms with Crippen molar-refractivity contribution in [3.8, 4) is 5.75 Å². The Labute approximate surface area is 120 Å². The van der Waals surface area contributed by atoms with Crippen LogP contribution in [0.4, 0.5) is 13.2 Å². The molecule has 2 rings (SSSR count). The fourth-order valence-corrected chi connectivity index (χ4v) is 3.99. The molecule has 0 N–H and O–H groups in total. The first-order valence-electron chi connectivity index (χ1n) is 6.46. The number of hydrogen-bond acceptors (Lipinski definition) is 4. The van der Waals surface area contributed by atoms with Crippen molar-refractivity contribution in [3.05, 3.63) is 24.3 Å². The molecule has 0 radical (unpaired) electrons.